The van der Waals surface area contributed by atoms with Crippen LogP contribution in [-0.2, 0) is 0 Å². The van der Waals surface area contributed by atoms with Crippen LogP contribution in [0, 0.1) is 5.92 Å². The second kappa shape index (κ2) is 7.93. The van der Waals surface area contributed by atoms with Gasteiger partial charge in [0.25, 0.3) is 0 Å². The minimum absolute atomic E-state index is 0.416. The Morgan fingerprint density at radius 1 is 1.26 bits per heavy atom. The highest BCUT2D eigenvalue weighted by Gasteiger charge is 2.14. The molecule has 0 saturated heterocycles. The first-order valence-electron chi connectivity index (χ1n) is 7.40. The minimum Gasteiger partial charge on any atom is -0.388 e. The van der Waals surface area contributed by atoms with E-state index in [9.17, 15) is 5.11 Å². The molecule has 19 heavy (non-hydrogen) atoms. The third kappa shape index (κ3) is 4.83. The molecule has 0 aliphatic heterocycles. The third-order valence-corrected chi connectivity index (χ3v) is 5.12. The van der Waals surface area contributed by atoms with E-state index < -0.39 is 6.10 Å². The molecule has 1 fully saturated rings. The Balaban J connectivity index is 1.87. The van der Waals surface area contributed by atoms with Crippen LogP contribution in [0.3, 0.4) is 0 Å². The summed E-state index contributed by atoms with van der Waals surface area (Å²) in [6, 6.07) is 8.29. The van der Waals surface area contributed by atoms with Crippen LogP contribution in [0.25, 0.3) is 0 Å². The molecular weight excluding hydrogens is 254 g/mol. The Hall–Kier alpha value is -0.510. The summed E-state index contributed by atoms with van der Waals surface area (Å²) in [4.78, 5) is 1.28. The second-order valence-corrected chi connectivity index (χ2v) is 6.57. The Kier molecular flexibility index (Phi) is 6.21. The predicted octanol–water partition coefficient (Wildman–Crippen LogP) is 3.74. The van der Waals surface area contributed by atoms with E-state index in [-0.39, 0.29) is 0 Å². The summed E-state index contributed by atoms with van der Waals surface area (Å²) in [6.45, 7) is 0.528. The van der Waals surface area contributed by atoms with Crippen LogP contribution in [0.1, 0.15) is 50.2 Å². The SMILES string of the molecule is NCCC(O)c1cccc(SCC2CCCCC2)c1. The number of hydrogen-bond acceptors (Lipinski definition) is 3. The highest BCUT2D eigenvalue weighted by Crippen LogP contribution is 2.31. The summed E-state index contributed by atoms with van der Waals surface area (Å²) in [7, 11) is 0. The Morgan fingerprint density at radius 3 is 2.79 bits per heavy atom. The van der Waals surface area contributed by atoms with Gasteiger partial charge in [0, 0.05) is 10.6 Å². The van der Waals surface area contributed by atoms with Gasteiger partial charge in [-0.05, 0) is 49.4 Å². The molecule has 1 aromatic carbocycles. The van der Waals surface area contributed by atoms with E-state index >= 15 is 0 Å². The van der Waals surface area contributed by atoms with Crippen molar-refractivity contribution in [1.29, 1.82) is 0 Å². The lowest BCUT2D eigenvalue weighted by Gasteiger charge is -2.21. The van der Waals surface area contributed by atoms with Gasteiger partial charge in [-0.25, -0.2) is 0 Å². The average Bonchev–Trinajstić information content (AvgIpc) is 2.47. The number of hydrogen-bond donors (Lipinski definition) is 2. The van der Waals surface area contributed by atoms with E-state index in [2.05, 4.69) is 12.1 Å². The molecule has 0 bridgehead atoms. The van der Waals surface area contributed by atoms with Crippen LogP contribution in [0.4, 0.5) is 0 Å². The Morgan fingerprint density at radius 2 is 2.05 bits per heavy atom. The van der Waals surface area contributed by atoms with Gasteiger partial charge in [0.15, 0.2) is 0 Å². The van der Waals surface area contributed by atoms with Crippen LogP contribution in [-0.4, -0.2) is 17.4 Å². The van der Waals surface area contributed by atoms with Gasteiger partial charge in [0.2, 0.25) is 0 Å². The fourth-order valence-electron chi connectivity index (χ4n) is 2.70. The van der Waals surface area contributed by atoms with Crippen molar-refractivity contribution in [2.75, 3.05) is 12.3 Å². The lowest BCUT2D eigenvalue weighted by atomic mass is 9.91. The van der Waals surface area contributed by atoms with Crippen LogP contribution in [0.5, 0.6) is 0 Å². The maximum Gasteiger partial charge on any atom is 0.0802 e. The molecule has 1 aromatic rings. The van der Waals surface area contributed by atoms with Crippen molar-refractivity contribution >= 4 is 11.8 Å². The largest absolute Gasteiger partial charge is 0.388 e. The first-order chi connectivity index (χ1) is 9.29. The predicted molar refractivity (Wildman–Crippen MR) is 82.4 cm³/mol. The van der Waals surface area contributed by atoms with Crippen molar-refractivity contribution in [1.82, 2.24) is 0 Å². The van der Waals surface area contributed by atoms with Crippen LogP contribution < -0.4 is 5.73 Å². The van der Waals surface area contributed by atoms with Gasteiger partial charge in [-0.2, -0.15) is 0 Å². The van der Waals surface area contributed by atoms with Gasteiger partial charge in [-0.15, -0.1) is 11.8 Å². The number of nitrogens with two attached hydrogens (primary N) is 1. The standard InChI is InChI=1S/C16H25NOS/c17-10-9-16(18)14-7-4-8-15(11-14)19-12-13-5-2-1-3-6-13/h4,7-8,11,13,16,18H,1-3,5-6,9-10,12,17H2. The second-order valence-electron chi connectivity index (χ2n) is 5.48. The number of rotatable bonds is 6. The highest BCUT2D eigenvalue weighted by atomic mass is 32.2. The number of aliphatic hydroxyl groups is 1. The molecule has 0 aromatic heterocycles. The lowest BCUT2D eigenvalue weighted by Crippen LogP contribution is -2.08. The van der Waals surface area contributed by atoms with Gasteiger partial charge in [-0.1, -0.05) is 31.4 Å². The molecule has 106 valence electrons. The molecule has 0 amide bonds. The lowest BCUT2D eigenvalue weighted by molar-refractivity contribution is 0.170. The highest BCUT2D eigenvalue weighted by molar-refractivity contribution is 7.99. The topological polar surface area (TPSA) is 46.2 Å². The van der Waals surface area contributed by atoms with E-state index in [0.717, 1.165) is 11.5 Å². The summed E-state index contributed by atoms with van der Waals surface area (Å²) in [5.41, 5.74) is 6.49. The normalized spacial score (nSPS) is 18.4. The van der Waals surface area contributed by atoms with Crippen molar-refractivity contribution < 1.29 is 5.11 Å². The van der Waals surface area contributed by atoms with E-state index in [1.807, 2.05) is 23.9 Å². The van der Waals surface area contributed by atoms with Crippen LogP contribution in [0.2, 0.25) is 0 Å². The summed E-state index contributed by atoms with van der Waals surface area (Å²) < 4.78 is 0. The molecule has 1 aliphatic rings. The van der Waals surface area contributed by atoms with Gasteiger partial charge >= 0.3 is 0 Å². The van der Waals surface area contributed by atoms with Crippen molar-refractivity contribution in [2.24, 2.45) is 11.7 Å². The van der Waals surface area contributed by atoms with Crippen molar-refractivity contribution in [3.05, 3.63) is 29.8 Å². The van der Waals surface area contributed by atoms with E-state index in [0.29, 0.717) is 13.0 Å². The first kappa shape index (κ1) is 14.9. The van der Waals surface area contributed by atoms with Gasteiger partial charge in [0.05, 0.1) is 6.10 Å². The summed E-state index contributed by atoms with van der Waals surface area (Å²) in [6.07, 6.45) is 7.23. The minimum atomic E-state index is -0.416. The van der Waals surface area contributed by atoms with Gasteiger partial charge in [0.1, 0.15) is 0 Å². The molecule has 1 atom stereocenters. The number of aliphatic hydroxyl groups excluding tert-OH is 1. The number of benzene rings is 1. The van der Waals surface area contributed by atoms with Crippen LogP contribution >= 0.6 is 11.8 Å². The van der Waals surface area contributed by atoms with Crippen molar-refractivity contribution in [3.63, 3.8) is 0 Å². The zero-order chi connectivity index (χ0) is 13.5. The fourth-order valence-corrected chi connectivity index (χ4v) is 3.86. The molecule has 3 N–H and O–H groups in total. The average molecular weight is 279 g/mol. The third-order valence-electron chi connectivity index (χ3n) is 3.89. The zero-order valence-electron chi connectivity index (χ0n) is 11.6. The fraction of sp³-hybridized carbons (Fsp3) is 0.625. The van der Waals surface area contributed by atoms with Crippen molar-refractivity contribution in [2.45, 2.75) is 49.5 Å². The van der Waals surface area contributed by atoms with E-state index in [1.54, 1.807) is 0 Å². The molecule has 0 heterocycles. The van der Waals surface area contributed by atoms with Gasteiger partial charge in [-0.3, -0.25) is 0 Å². The molecule has 0 spiro atoms. The molecule has 1 saturated carbocycles. The summed E-state index contributed by atoms with van der Waals surface area (Å²) in [5, 5.41) is 9.97. The molecule has 1 unspecified atom stereocenters. The quantitative estimate of drug-likeness (QED) is 0.780. The van der Waals surface area contributed by atoms with Gasteiger partial charge < -0.3 is 10.8 Å². The summed E-state index contributed by atoms with van der Waals surface area (Å²) in [5.74, 6) is 2.10. The maximum atomic E-state index is 9.97. The molecule has 2 nitrogen and oxygen atoms in total. The Labute approximate surface area is 120 Å². The van der Waals surface area contributed by atoms with E-state index in [4.69, 9.17) is 5.73 Å². The Bertz CT molecular complexity index is 377. The van der Waals surface area contributed by atoms with Crippen molar-refractivity contribution in [3.8, 4) is 0 Å². The number of thioether (sulfide) groups is 1. The molecular formula is C16H25NOS. The maximum absolute atomic E-state index is 9.97. The van der Waals surface area contributed by atoms with E-state index in [1.165, 1.54) is 42.8 Å². The first-order valence-corrected chi connectivity index (χ1v) is 8.39. The smallest absolute Gasteiger partial charge is 0.0802 e. The zero-order valence-corrected chi connectivity index (χ0v) is 12.4. The molecule has 2 rings (SSSR count). The monoisotopic (exact) mass is 279 g/mol. The molecule has 1 aliphatic carbocycles. The molecule has 3 heteroatoms. The summed E-state index contributed by atoms with van der Waals surface area (Å²) >= 11 is 1.93. The van der Waals surface area contributed by atoms with Crippen LogP contribution in [0.15, 0.2) is 29.2 Å². The molecule has 0 radical (unpaired) electrons.